The van der Waals surface area contributed by atoms with E-state index in [1.807, 2.05) is 6.92 Å². The van der Waals surface area contributed by atoms with Crippen molar-refractivity contribution in [1.82, 2.24) is 9.21 Å². The number of likely N-dealkylation sites (tertiary alicyclic amines) is 1. The number of hydrogen-bond acceptors (Lipinski definition) is 6. The van der Waals surface area contributed by atoms with Gasteiger partial charge in [0.05, 0.1) is 31.0 Å². The standard InChI is InChI=1S/C24H35N3O5S/c1-3-16-32-21-6-4-20(5-7-21)27-23(28)17-22(24(27)29)25-12-8-18(9-13-25)19-10-14-26(15-11-19)33(2,30)31/h4-7,18-19,22H,3,8-17H2,1-2H3. The maximum absolute atomic E-state index is 13.2. The molecule has 8 nitrogen and oxygen atoms in total. The summed E-state index contributed by atoms with van der Waals surface area (Å²) in [6.07, 6.45) is 6.22. The molecule has 0 saturated carbocycles. The van der Waals surface area contributed by atoms with Gasteiger partial charge >= 0.3 is 0 Å². The Morgan fingerprint density at radius 2 is 1.52 bits per heavy atom. The van der Waals surface area contributed by atoms with E-state index in [1.54, 1.807) is 28.6 Å². The molecule has 33 heavy (non-hydrogen) atoms. The first-order chi connectivity index (χ1) is 15.8. The molecule has 1 unspecified atom stereocenters. The highest BCUT2D eigenvalue weighted by atomic mass is 32.2. The lowest BCUT2D eigenvalue weighted by atomic mass is 9.79. The van der Waals surface area contributed by atoms with Crippen LogP contribution in [0.3, 0.4) is 0 Å². The van der Waals surface area contributed by atoms with Crippen LogP contribution in [0, 0.1) is 11.8 Å². The number of rotatable bonds is 7. The summed E-state index contributed by atoms with van der Waals surface area (Å²) < 4.78 is 30.7. The molecule has 3 heterocycles. The number of carbonyl (C=O) groups excluding carboxylic acids is 2. The minimum atomic E-state index is -3.10. The number of anilines is 1. The number of amides is 2. The number of imide groups is 1. The van der Waals surface area contributed by atoms with Gasteiger partial charge in [0.2, 0.25) is 15.9 Å². The van der Waals surface area contributed by atoms with Crippen LogP contribution in [0.2, 0.25) is 0 Å². The molecule has 0 aromatic heterocycles. The number of sulfonamides is 1. The first kappa shape index (κ1) is 24.2. The predicted molar refractivity (Wildman–Crippen MR) is 127 cm³/mol. The molecule has 3 saturated heterocycles. The Kier molecular flexibility index (Phi) is 7.40. The van der Waals surface area contributed by atoms with E-state index in [-0.39, 0.29) is 24.3 Å². The van der Waals surface area contributed by atoms with Crippen molar-refractivity contribution >= 4 is 27.5 Å². The quantitative estimate of drug-likeness (QED) is 0.561. The largest absolute Gasteiger partial charge is 0.494 e. The average Bonchev–Trinajstić information content (AvgIpc) is 3.11. The molecule has 4 rings (SSSR count). The van der Waals surface area contributed by atoms with E-state index < -0.39 is 10.0 Å². The van der Waals surface area contributed by atoms with Crippen molar-refractivity contribution in [2.24, 2.45) is 11.8 Å². The fourth-order valence-corrected chi connectivity index (χ4v) is 6.34. The Bertz CT molecular complexity index is 949. The van der Waals surface area contributed by atoms with Crippen LogP contribution in [-0.4, -0.2) is 74.5 Å². The van der Waals surface area contributed by atoms with Gasteiger partial charge < -0.3 is 4.74 Å². The molecule has 0 bridgehead atoms. The number of piperidine rings is 2. The SMILES string of the molecule is CCCOc1ccc(N2C(=O)CC(N3CCC(C4CCN(S(C)(=O)=O)CC4)CC3)C2=O)cc1. The number of nitrogens with zero attached hydrogens (tertiary/aromatic N) is 3. The molecule has 1 aromatic carbocycles. The molecular formula is C24H35N3O5S. The number of hydrogen-bond donors (Lipinski definition) is 0. The van der Waals surface area contributed by atoms with Gasteiger partial charge in [-0.05, 0) is 81.3 Å². The molecule has 3 fully saturated rings. The molecule has 0 spiro atoms. The third kappa shape index (κ3) is 5.41. The van der Waals surface area contributed by atoms with E-state index in [4.69, 9.17) is 4.74 Å². The zero-order chi connectivity index (χ0) is 23.6. The lowest BCUT2D eigenvalue weighted by Crippen LogP contribution is -2.47. The summed E-state index contributed by atoms with van der Waals surface area (Å²) >= 11 is 0. The molecule has 0 aliphatic carbocycles. The maximum Gasteiger partial charge on any atom is 0.251 e. The van der Waals surface area contributed by atoms with Crippen molar-refractivity contribution in [2.45, 2.75) is 51.5 Å². The van der Waals surface area contributed by atoms with Crippen LogP contribution in [0.1, 0.15) is 45.4 Å². The minimum absolute atomic E-state index is 0.137. The van der Waals surface area contributed by atoms with Crippen molar-refractivity contribution < 1.29 is 22.7 Å². The molecule has 0 N–H and O–H groups in total. The van der Waals surface area contributed by atoms with E-state index in [2.05, 4.69) is 4.90 Å². The van der Waals surface area contributed by atoms with Crippen molar-refractivity contribution in [3.8, 4) is 5.75 Å². The second-order valence-corrected chi connectivity index (χ2v) is 11.5. The highest BCUT2D eigenvalue weighted by molar-refractivity contribution is 7.88. The number of carbonyl (C=O) groups is 2. The predicted octanol–water partition coefficient (Wildman–Crippen LogP) is 2.49. The minimum Gasteiger partial charge on any atom is -0.494 e. The third-order valence-electron chi connectivity index (χ3n) is 7.34. The maximum atomic E-state index is 13.2. The first-order valence-corrected chi connectivity index (χ1v) is 13.9. The van der Waals surface area contributed by atoms with Crippen molar-refractivity contribution in [3.05, 3.63) is 24.3 Å². The normalized spacial score (nSPS) is 24.5. The molecule has 182 valence electrons. The summed E-state index contributed by atoms with van der Waals surface area (Å²) in [5.41, 5.74) is 0.601. The summed E-state index contributed by atoms with van der Waals surface area (Å²) in [5, 5.41) is 0. The van der Waals surface area contributed by atoms with Crippen LogP contribution in [0.5, 0.6) is 5.75 Å². The number of benzene rings is 1. The zero-order valence-corrected chi connectivity index (χ0v) is 20.4. The van der Waals surface area contributed by atoms with Crippen LogP contribution in [0.4, 0.5) is 5.69 Å². The van der Waals surface area contributed by atoms with Gasteiger partial charge in [-0.1, -0.05) is 6.92 Å². The van der Waals surface area contributed by atoms with E-state index >= 15 is 0 Å². The van der Waals surface area contributed by atoms with E-state index in [9.17, 15) is 18.0 Å². The Labute approximate surface area is 196 Å². The van der Waals surface area contributed by atoms with Gasteiger partial charge in [-0.15, -0.1) is 0 Å². The van der Waals surface area contributed by atoms with Gasteiger partial charge in [-0.3, -0.25) is 14.5 Å². The highest BCUT2D eigenvalue weighted by Crippen LogP contribution is 2.35. The van der Waals surface area contributed by atoms with Gasteiger partial charge in [0.1, 0.15) is 5.75 Å². The second kappa shape index (κ2) is 10.1. The van der Waals surface area contributed by atoms with Crippen LogP contribution in [0.15, 0.2) is 24.3 Å². The summed E-state index contributed by atoms with van der Waals surface area (Å²) in [5.74, 6) is 1.54. The second-order valence-electron chi connectivity index (χ2n) is 9.50. The van der Waals surface area contributed by atoms with Crippen LogP contribution < -0.4 is 9.64 Å². The van der Waals surface area contributed by atoms with Gasteiger partial charge in [0.15, 0.2) is 0 Å². The average molecular weight is 478 g/mol. The zero-order valence-electron chi connectivity index (χ0n) is 19.6. The van der Waals surface area contributed by atoms with Crippen LogP contribution in [0.25, 0.3) is 0 Å². The Morgan fingerprint density at radius 3 is 2.06 bits per heavy atom. The van der Waals surface area contributed by atoms with Gasteiger partial charge in [0, 0.05) is 13.1 Å². The van der Waals surface area contributed by atoms with Crippen molar-refractivity contribution in [1.29, 1.82) is 0 Å². The summed E-state index contributed by atoms with van der Waals surface area (Å²) in [6, 6.07) is 6.77. The lowest BCUT2D eigenvalue weighted by Gasteiger charge is -2.40. The molecule has 2 amide bonds. The summed E-state index contributed by atoms with van der Waals surface area (Å²) in [4.78, 5) is 29.4. The Balaban J connectivity index is 1.31. The molecule has 1 atom stereocenters. The Hall–Kier alpha value is -1.97. The fraction of sp³-hybridized carbons (Fsp3) is 0.667. The molecule has 0 radical (unpaired) electrons. The van der Waals surface area contributed by atoms with Crippen molar-refractivity contribution in [2.75, 3.05) is 43.9 Å². The molecule has 3 aliphatic rings. The van der Waals surface area contributed by atoms with Crippen molar-refractivity contribution in [3.63, 3.8) is 0 Å². The van der Waals surface area contributed by atoms with E-state index in [0.29, 0.717) is 37.2 Å². The third-order valence-corrected chi connectivity index (χ3v) is 8.64. The fourth-order valence-electron chi connectivity index (χ4n) is 5.47. The molecule has 3 aliphatic heterocycles. The lowest BCUT2D eigenvalue weighted by molar-refractivity contribution is -0.123. The Morgan fingerprint density at radius 1 is 0.939 bits per heavy atom. The van der Waals surface area contributed by atoms with Gasteiger partial charge in [-0.25, -0.2) is 17.6 Å². The highest BCUT2D eigenvalue weighted by Gasteiger charge is 2.44. The molecular weight excluding hydrogens is 442 g/mol. The van der Waals surface area contributed by atoms with Crippen LogP contribution in [-0.2, 0) is 19.6 Å². The van der Waals surface area contributed by atoms with E-state index in [0.717, 1.165) is 50.9 Å². The summed E-state index contributed by atoms with van der Waals surface area (Å²) in [6.45, 7) is 5.50. The monoisotopic (exact) mass is 477 g/mol. The smallest absolute Gasteiger partial charge is 0.251 e. The van der Waals surface area contributed by atoms with E-state index in [1.165, 1.54) is 11.2 Å². The molecule has 1 aromatic rings. The topological polar surface area (TPSA) is 87.2 Å². The summed E-state index contributed by atoms with van der Waals surface area (Å²) in [7, 11) is -3.10. The number of ether oxygens (including phenoxy) is 1. The molecule has 9 heteroatoms. The first-order valence-electron chi connectivity index (χ1n) is 12.1. The van der Waals surface area contributed by atoms with Crippen LogP contribution >= 0.6 is 0 Å². The van der Waals surface area contributed by atoms with Gasteiger partial charge in [-0.2, -0.15) is 0 Å². The van der Waals surface area contributed by atoms with Gasteiger partial charge in [0.25, 0.3) is 5.91 Å².